The number of hydrogen-bond acceptors (Lipinski definition) is 17. The van der Waals surface area contributed by atoms with Gasteiger partial charge in [0.1, 0.15) is 72.5 Å². The maximum absolute atomic E-state index is 15.2. The predicted octanol–water partition coefficient (Wildman–Crippen LogP) is 1.05. The molecule has 0 bridgehead atoms. The van der Waals surface area contributed by atoms with Gasteiger partial charge >= 0.3 is 0 Å². The van der Waals surface area contributed by atoms with E-state index >= 15 is 14.4 Å². The number of fused-ring (bicyclic) bond motifs is 1. The molecule has 0 spiro atoms. The lowest BCUT2D eigenvalue weighted by Crippen LogP contribution is -2.62. The van der Waals surface area contributed by atoms with Crippen molar-refractivity contribution >= 4 is 93.7 Å². The summed E-state index contributed by atoms with van der Waals surface area (Å²) >= 11 is 0. The Labute approximate surface area is 696 Å². The number of guanidine groups is 1. The van der Waals surface area contributed by atoms with Gasteiger partial charge in [-0.25, -0.2) is 0 Å². The Kier molecular flexibility index (Phi) is 37.7. The van der Waals surface area contributed by atoms with E-state index in [9.17, 15) is 53.1 Å². The summed E-state index contributed by atoms with van der Waals surface area (Å²) in [6.07, 6.45) is 4.18. The average Bonchev–Trinajstić information content (AvgIpc) is 1.71. The third kappa shape index (κ3) is 29.0. The van der Waals surface area contributed by atoms with E-state index in [1.54, 1.807) is 87.6 Å². The molecule has 33 nitrogen and oxygen atoms in total. The molecule has 1 aromatic heterocycles. The number of hydrogen-bond donors (Lipinski definition) is 17. The van der Waals surface area contributed by atoms with Crippen LogP contribution in [-0.2, 0) is 88.0 Å². The number of rotatable bonds is 47. The summed E-state index contributed by atoms with van der Waals surface area (Å²) in [5.74, 6) is -11.0. The molecule has 2 saturated heterocycles. The lowest BCUT2D eigenvalue weighted by atomic mass is 9.96. The van der Waals surface area contributed by atoms with Crippen LogP contribution in [0.2, 0.25) is 0 Å². The summed E-state index contributed by atoms with van der Waals surface area (Å²) in [5.41, 5.74) is 32.5. The van der Waals surface area contributed by atoms with Gasteiger partial charge in [0.05, 0.1) is 12.6 Å². The van der Waals surface area contributed by atoms with Crippen LogP contribution in [0.3, 0.4) is 0 Å². The quantitative estimate of drug-likeness (QED) is 0.0147. The molecule has 5 aromatic rings. The molecule has 0 aliphatic carbocycles. The minimum absolute atomic E-state index is 0.0118. The number of aromatic nitrogens is 1. The number of para-hydroxylation sites is 1. The number of carbonyl (C=O) groups excluding carboxylic acids is 13. The molecule has 7 rings (SSSR count). The Bertz CT molecular complexity index is 4240. The fourth-order valence-corrected chi connectivity index (χ4v) is 14.8. The zero-order chi connectivity index (χ0) is 87.0. The summed E-state index contributed by atoms with van der Waals surface area (Å²) < 4.78 is 0. The van der Waals surface area contributed by atoms with Crippen LogP contribution in [0, 0.1) is 23.7 Å². The number of H-pyrrole nitrogens is 1. The second-order valence-electron chi connectivity index (χ2n) is 32.3. The lowest BCUT2D eigenvalue weighted by molar-refractivity contribution is -0.143. The van der Waals surface area contributed by atoms with Crippen LogP contribution >= 0.6 is 0 Å². The van der Waals surface area contributed by atoms with E-state index in [4.69, 9.17) is 28.7 Å². The monoisotopic (exact) mass is 1650 g/mol. The van der Waals surface area contributed by atoms with E-state index in [1.807, 2.05) is 89.2 Å². The van der Waals surface area contributed by atoms with Crippen molar-refractivity contribution in [3.05, 3.63) is 144 Å². The summed E-state index contributed by atoms with van der Waals surface area (Å²) in [6, 6.07) is 17.3. The summed E-state index contributed by atoms with van der Waals surface area (Å²) in [4.78, 5) is 198. The van der Waals surface area contributed by atoms with Crippen molar-refractivity contribution in [2.45, 2.75) is 237 Å². The third-order valence-electron chi connectivity index (χ3n) is 21.6. The van der Waals surface area contributed by atoms with Crippen LogP contribution in [0.4, 0.5) is 0 Å². The highest BCUT2D eigenvalue weighted by atomic mass is 16.3. The number of likely N-dealkylation sites (tertiary alicyclic amines) is 2. The van der Waals surface area contributed by atoms with Gasteiger partial charge in [-0.1, -0.05) is 171 Å². The molecule has 33 heteroatoms. The Morgan fingerprint density at radius 1 is 0.471 bits per heavy atom. The van der Waals surface area contributed by atoms with E-state index in [-0.39, 0.29) is 121 Å². The first-order valence-electron chi connectivity index (χ1n) is 41.5. The molecule has 2 fully saturated rings. The van der Waals surface area contributed by atoms with Crippen LogP contribution in [0.15, 0.2) is 126 Å². The normalized spacial score (nSPS) is 17.0. The highest BCUT2D eigenvalue weighted by molar-refractivity contribution is 6.01. The number of carbonyl (C=O) groups is 13. The number of nitrogens with one attached hydrogen (secondary N) is 11. The van der Waals surface area contributed by atoms with Crippen molar-refractivity contribution in [1.29, 1.82) is 0 Å². The Balaban J connectivity index is 1.09. The molecular weight excluding hydrogens is 1520 g/mol. The number of aliphatic hydroxyl groups is 1. The van der Waals surface area contributed by atoms with Gasteiger partial charge in [-0.15, -0.1) is 0 Å². The molecule has 2 aliphatic heterocycles. The Hall–Kier alpha value is -11.3. The minimum atomic E-state index is -1.77. The fraction of sp³-hybridized carbons (Fsp3) is 0.535. The minimum Gasteiger partial charge on any atom is -0.394 e. The van der Waals surface area contributed by atoms with Gasteiger partial charge in [-0.3, -0.25) is 67.3 Å². The molecule has 14 atom stereocenters. The SMILES string of the molecule is CC[C@H](C)[C@H](NC(=O)[C@H](CCCN=C(N)N)NC(=O)[C@@H]1CCCN1C(=O)[C@@H](CC(C)C)NC(=O)[C@H](Cc1ccccc1)NC(=O)[C@H](CCCCN)NC(=O)[C@H](CO)NC(=O)[C@H](Cc1ccccc1)NC(=O)[C@H](Cc1c[nH]c2ccccc12)NC(=O)[C@@H]1CCCN1C(=O)[C@@H](NC(=O)[C@@H](N)Cc1ccccc1)C(C)C)C(=O)N[C@@H](CC(C)C)C(N)=O. The Morgan fingerprint density at radius 2 is 0.899 bits per heavy atom. The topological polar surface area (TPSA) is 527 Å². The Morgan fingerprint density at radius 3 is 1.41 bits per heavy atom. The number of primary amides is 1. The first kappa shape index (κ1) is 94.8. The second kappa shape index (κ2) is 47.3. The highest BCUT2D eigenvalue weighted by Gasteiger charge is 2.44. The van der Waals surface area contributed by atoms with Crippen molar-refractivity contribution in [3.63, 3.8) is 0 Å². The molecule has 3 heterocycles. The molecule has 2 aliphatic rings. The van der Waals surface area contributed by atoms with Gasteiger partial charge in [-0.2, -0.15) is 0 Å². The van der Waals surface area contributed by atoms with Crippen LogP contribution < -0.4 is 81.8 Å². The van der Waals surface area contributed by atoms with E-state index in [0.29, 0.717) is 42.4 Å². The summed E-state index contributed by atoms with van der Waals surface area (Å²) in [6.45, 7) is 14.0. The molecule has 22 N–H and O–H groups in total. The number of benzene rings is 4. The maximum atomic E-state index is 15.2. The van der Waals surface area contributed by atoms with Crippen LogP contribution in [0.25, 0.3) is 10.9 Å². The number of nitrogens with zero attached hydrogens (tertiary/aromatic N) is 3. The van der Waals surface area contributed by atoms with Gasteiger partial charge in [0, 0.05) is 56.0 Å². The van der Waals surface area contributed by atoms with Crippen molar-refractivity contribution in [1.82, 2.24) is 68.0 Å². The van der Waals surface area contributed by atoms with Crippen LogP contribution in [0.1, 0.15) is 155 Å². The van der Waals surface area contributed by atoms with Crippen LogP contribution in [-0.4, -0.2) is 214 Å². The second-order valence-corrected chi connectivity index (χ2v) is 32.3. The molecule has 0 radical (unpaired) electrons. The zero-order valence-corrected chi connectivity index (χ0v) is 69.7. The van der Waals surface area contributed by atoms with Gasteiger partial charge in [0.25, 0.3) is 0 Å². The molecular formula is C86H125N19O14. The molecule has 648 valence electrons. The smallest absolute Gasteiger partial charge is 0.246 e. The standard InChI is InChI=1S/C86H125N19O14/c1-9-53(8)72(83(117)96-63(73(89)107)42-50(2)3)103-76(110)62(35-23-39-92-86(90)91)95-81(115)69-36-24-40-104(69)84(118)67(43-51(4)5)100-77(111)64(45-55-28-15-11-16-29-55)97-75(109)61(34-21-22-38-87)94-80(114)68(49-106)101-78(112)65(46-56-30-17-12-18-31-56)98-79(113)66(47-57-48-93-60-33-20-19-32-58(57)60)99-82(116)70-37-25-41-105(70)85(119)71(52(6)7)102-74(108)59(88)44-54-26-13-10-14-27-54/h10-20,26-33,48,50-53,59,61-72,93,106H,9,21-25,34-47,49,87-88H2,1-8H3,(H2,89,107)(H,94,114)(H,95,115)(H,96,117)(H,97,109)(H,98,113)(H,99,116)(H,100,111)(H,101,112)(H,102,108)(H,103,110)(H4,90,91,92)/t53-,59-,61-,62-,63-,64-,65-,66-,67+,68-,69-,70-,71-,72-/m0/s1. The van der Waals surface area contributed by atoms with Gasteiger partial charge in [0.2, 0.25) is 76.8 Å². The third-order valence-corrected chi connectivity index (χ3v) is 21.6. The van der Waals surface area contributed by atoms with E-state index in [0.717, 1.165) is 16.5 Å². The highest BCUT2D eigenvalue weighted by Crippen LogP contribution is 2.26. The van der Waals surface area contributed by atoms with Gasteiger partial charge in [-0.05, 0) is 136 Å². The molecule has 4 aromatic carbocycles. The summed E-state index contributed by atoms with van der Waals surface area (Å²) in [5, 5.41) is 39.6. The molecule has 13 amide bonds. The average molecular weight is 1650 g/mol. The number of amides is 13. The molecule has 0 saturated carbocycles. The molecule has 119 heavy (non-hydrogen) atoms. The number of aliphatic hydroxyl groups excluding tert-OH is 1. The fourth-order valence-electron chi connectivity index (χ4n) is 14.8. The largest absolute Gasteiger partial charge is 0.394 e. The first-order chi connectivity index (χ1) is 56.8. The van der Waals surface area contributed by atoms with Crippen LogP contribution in [0.5, 0.6) is 0 Å². The lowest BCUT2D eigenvalue weighted by Gasteiger charge is -2.32. The van der Waals surface area contributed by atoms with Gasteiger partial charge < -0.3 is 102 Å². The molecule has 0 unspecified atom stereocenters. The number of aliphatic imine (C=N–C) groups is 1. The number of aromatic amines is 1. The summed E-state index contributed by atoms with van der Waals surface area (Å²) in [7, 11) is 0. The van der Waals surface area contributed by atoms with Crippen molar-refractivity contribution < 1.29 is 67.4 Å². The first-order valence-corrected chi connectivity index (χ1v) is 41.5. The number of unbranched alkanes of at least 4 members (excludes halogenated alkanes) is 1. The van der Waals surface area contributed by atoms with E-state index in [1.165, 1.54) is 9.80 Å². The van der Waals surface area contributed by atoms with E-state index < -0.39 is 174 Å². The predicted molar refractivity (Wildman–Crippen MR) is 451 cm³/mol. The van der Waals surface area contributed by atoms with Crippen molar-refractivity contribution in [2.75, 3.05) is 32.8 Å². The number of nitrogens with two attached hydrogens (primary N) is 5. The van der Waals surface area contributed by atoms with Gasteiger partial charge in [0.15, 0.2) is 5.96 Å². The van der Waals surface area contributed by atoms with Crippen molar-refractivity contribution in [3.8, 4) is 0 Å². The zero-order valence-electron chi connectivity index (χ0n) is 69.7. The van der Waals surface area contributed by atoms with Crippen molar-refractivity contribution in [2.24, 2.45) is 57.3 Å². The van der Waals surface area contributed by atoms with E-state index in [2.05, 4.69) is 63.1 Å². The maximum Gasteiger partial charge on any atom is 0.246 e.